The van der Waals surface area contributed by atoms with Crippen molar-refractivity contribution in [1.82, 2.24) is 15.1 Å². The highest BCUT2D eigenvalue weighted by molar-refractivity contribution is 5.78. The quantitative estimate of drug-likeness (QED) is 0.736. The van der Waals surface area contributed by atoms with Crippen molar-refractivity contribution in [2.45, 2.75) is 19.9 Å². The van der Waals surface area contributed by atoms with Crippen LogP contribution in [0.1, 0.15) is 18.9 Å². The van der Waals surface area contributed by atoms with Crippen molar-refractivity contribution < 1.29 is 4.79 Å². The van der Waals surface area contributed by atoms with E-state index < -0.39 is 0 Å². The van der Waals surface area contributed by atoms with Crippen molar-refractivity contribution >= 4 is 5.91 Å². The van der Waals surface area contributed by atoms with Gasteiger partial charge in [-0.3, -0.25) is 9.89 Å². The number of hydrogen-bond donors (Lipinski definition) is 2. The number of nitrogens with two attached hydrogens (primary N) is 1. The highest BCUT2D eigenvalue weighted by Crippen LogP contribution is 2.08. The predicted molar refractivity (Wildman–Crippen MR) is 57.9 cm³/mol. The van der Waals surface area contributed by atoms with Gasteiger partial charge in [0.2, 0.25) is 5.91 Å². The van der Waals surface area contributed by atoms with Crippen molar-refractivity contribution in [1.29, 1.82) is 0 Å². The van der Waals surface area contributed by atoms with Gasteiger partial charge in [-0.1, -0.05) is 6.92 Å². The number of rotatable bonds is 5. The number of aromatic nitrogens is 2. The minimum Gasteiger partial charge on any atom is -0.341 e. The molecule has 0 fully saturated rings. The number of nitrogens with zero attached hydrogens (tertiary/aromatic N) is 2. The van der Waals surface area contributed by atoms with Crippen LogP contribution in [-0.4, -0.2) is 34.6 Å². The maximum atomic E-state index is 11.8. The molecular formula is C10H18N4O. The fourth-order valence-corrected chi connectivity index (χ4v) is 1.47. The van der Waals surface area contributed by atoms with E-state index in [1.807, 2.05) is 6.92 Å². The number of aromatic amines is 1. The lowest BCUT2D eigenvalue weighted by atomic mass is 10.1. The zero-order valence-electron chi connectivity index (χ0n) is 9.23. The first-order valence-corrected chi connectivity index (χ1v) is 5.08. The zero-order chi connectivity index (χ0) is 11.3. The Morgan fingerprint density at radius 3 is 3.00 bits per heavy atom. The highest BCUT2D eigenvalue weighted by atomic mass is 16.2. The Kier molecular flexibility index (Phi) is 4.30. The minimum atomic E-state index is -0.00750. The van der Waals surface area contributed by atoms with Gasteiger partial charge in [-0.25, -0.2) is 0 Å². The van der Waals surface area contributed by atoms with Crippen LogP contribution in [0.25, 0.3) is 0 Å². The minimum absolute atomic E-state index is 0.00750. The van der Waals surface area contributed by atoms with Crippen molar-refractivity contribution in [2.75, 3.05) is 13.6 Å². The van der Waals surface area contributed by atoms with Crippen LogP contribution in [0.2, 0.25) is 0 Å². The number of carbonyl (C=O) groups excluding carboxylic acids is 1. The van der Waals surface area contributed by atoms with Crippen LogP contribution < -0.4 is 5.73 Å². The predicted octanol–water partition coefficient (Wildman–Crippen LogP) is 0.353. The Bertz CT molecular complexity index is 296. The molecule has 0 bridgehead atoms. The Labute approximate surface area is 89.6 Å². The average molecular weight is 210 g/mol. The molecule has 0 aliphatic heterocycles. The Hall–Kier alpha value is -1.36. The van der Waals surface area contributed by atoms with E-state index in [0.29, 0.717) is 13.1 Å². The maximum absolute atomic E-state index is 11.8. The summed E-state index contributed by atoms with van der Waals surface area (Å²) in [5.74, 6) is 0.119. The van der Waals surface area contributed by atoms with Gasteiger partial charge in [0, 0.05) is 31.3 Å². The van der Waals surface area contributed by atoms with E-state index in [9.17, 15) is 4.79 Å². The van der Waals surface area contributed by atoms with Gasteiger partial charge in [0.1, 0.15) is 0 Å². The standard InChI is InChI=1S/C10H18N4O/c1-8(3-4-11)10(15)14(2)7-9-5-12-13-6-9/h5-6,8H,3-4,7,11H2,1-2H3,(H,12,13). The van der Waals surface area contributed by atoms with Gasteiger partial charge in [-0.15, -0.1) is 0 Å². The molecule has 5 heteroatoms. The second-order valence-corrected chi connectivity index (χ2v) is 3.78. The molecule has 0 saturated heterocycles. The maximum Gasteiger partial charge on any atom is 0.225 e. The monoisotopic (exact) mass is 210 g/mol. The molecule has 1 heterocycles. The van der Waals surface area contributed by atoms with Crippen LogP contribution in [0.3, 0.4) is 0 Å². The van der Waals surface area contributed by atoms with Gasteiger partial charge in [0.25, 0.3) is 0 Å². The average Bonchev–Trinajstić information content (AvgIpc) is 2.69. The fourth-order valence-electron chi connectivity index (χ4n) is 1.47. The highest BCUT2D eigenvalue weighted by Gasteiger charge is 2.16. The summed E-state index contributed by atoms with van der Waals surface area (Å²) >= 11 is 0. The third-order valence-corrected chi connectivity index (χ3v) is 2.37. The second kappa shape index (κ2) is 5.50. The summed E-state index contributed by atoms with van der Waals surface area (Å²) in [6.45, 7) is 3.04. The molecule has 0 spiro atoms. The van der Waals surface area contributed by atoms with E-state index in [-0.39, 0.29) is 11.8 Å². The van der Waals surface area contributed by atoms with Crippen LogP contribution in [-0.2, 0) is 11.3 Å². The SMILES string of the molecule is CC(CCN)C(=O)N(C)Cc1cn[nH]c1. The molecule has 15 heavy (non-hydrogen) atoms. The zero-order valence-corrected chi connectivity index (χ0v) is 9.23. The number of amides is 1. The lowest BCUT2D eigenvalue weighted by Gasteiger charge is -2.20. The van der Waals surface area contributed by atoms with Gasteiger partial charge in [-0.05, 0) is 13.0 Å². The second-order valence-electron chi connectivity index (χ2n) is 3.78. The van der Waals surface area contributed by atoms with Crippen LogP contribution in [0.15, 0.2) is 12.4 Å². The number of nitrogens with one attached hydrogen (secondary N) is 1. The molecule has 0 saturated carbocycles. The smallest absolute Gasteiger partial charge is 0.225 e. The van der Waals surface area contributed by atoms with Gasteiger partial charge in [0.15, 0.2) is 0 Å². The summed E-state index contributed by atoms with van der Waals surface area (Å²) < 4.78 is 0. The molecule has 1 unspecified atom stereocenters. The molecule has 1 rings (SSSR count). The summed E-state index contributed by atoms with van der Waals surface area (Å²) in [6.07, 6.45) is 4.24. The molecule has 5 nitrogen and oxygen atoms in total. The molecule has 1 amide bonds. The van der Waals surface area contributed by atoms with Gasteiger partial charge in [0.05, 0.1) is 6.20 Å². The van der Waals surface area contributed by atoms with Crippen LogP contribution >= 0.6 is 0 Å². The number of H-pyrrole nitrogens is 1. The van der Waals surface area contributed by atoms with Crippen molar-refractivity contribution in [3.8, 4) is 0 Å². The lowest BCUT2D eigenvalue weighted by Crippen LogP contribution is -2.32. The molecule has 3 N–H and O–H groups in total. The molecule has 0 aliphatic rings. The Morgan fingerprint density at radius 1 is 1.73 bits per heavy atom. The Morgan fingerprint density at radius 2 is 2.47 bits per heavy atom. The van der Waals surface area contributed by atoms with E-state index in [4.69, 9.17) is 5.73 Å². The fraction of sp³-hybridized carbons (Fsp3) is 0.600. The molecular weight excluding hydrogens is 192 g/mol. The summed E-state index contributed by atoms with van der Waals surface area (Å²) in [4.78, 5) is 13.5. The van der Waals surface area contributed by atoms with Crippen LogP contribution in [0, 0.1) is 5.92 Å². The van der Waals surface area contributed by atoms with Crippen molar-refractivity contribution in [3.63, 3.8) is 0 Å². The van der Waals surface area contributed by atoms with Gasteiger partial charge >= 0.3 is 0 Å². The lowest BCUT2D eigenvalue weighted by molar-refractivity contribution is -0.134. The summed E-state index contributed by atoms with van der Waals surface area (Å²) in [5, 5.41) is 6.55. The third kappa shape index (κ3) is 3.36. The molecule has 84 valence electrons. The van der Waals surface area contributed by atoms with E-state index in [1.165, 1.54) is 0 Å². The normalized spacial score (nSPS) is 12.5. The first kappa shape index (κ1) is 11.7. The molecule has 0 radical (unpaired) electrons. The summed E-state index contributed by atoms with van der Waals surface area (Å²) in [6, 6.07) is 0. The molecule has 1 aromatic rings. The molecule has 0 aromatic carbocycles. The van der Waals surface area contributed by atoms with Crippen LogP contribution in [0.4, 0.5) is 0 Å². The molecule has 1 atom stereocenters. The van der Waals surface area contributed by atoms with E-state index >= 15 is 0 Å². The van der Waals surface area contributed by atoms with Crippen molar-refractivity contribution in [2.24, 2.45) is 11.7 Å². The van der Waals surface area contributed by atoms with E-state index in [2.05, 4.69) is 10.2 Å². The van der Waals surface area contributed by atoms with Crippen molar-refractivity contribution in [3.05, 3.63) is 18.0 Å². The number of hydrogen-bond acceptors (Lipinski definition) is 3. The first-order valence-electron chi connectivity index (χ1n) is 5.08. The number of carbonyl (C=O) groups is 1. The topological polar surface area (TPSA) is 75.0 Å². The first-order chi connectivity index (χ1) is 7.15. The Balaban J connectivity index is 2.46. The third-order valence-electron chi connectivity index (χ3n) is 2.37. The van der Waals surface area contributed by atoms with E-state index in [1.54, 1.807) is 24.3 Å². The summed E-state index contributed by atoms with van der Waals surface area (Å²) in [7, 11) is 1.79. The van der Waals surface area contributed by atoms with Gasteiger partial charge < -0.3 is 10.6 Å². The molecule has 1 aromatic heterocycles. The van der Waals surface area contributed by atoms with Crippen LogP contribution in [0.5, 0.6) is 0 Å². The largest absolute Gasteiger partial charge is 0.341 e. The molecule has 0 aliphatic carbocycles. The summed E-state index contributed by atoms with van der Waals surface area (Å²) in [5.41, 5.74) is 6.42. The van der Waals surface area contributed by atoms with Gasteiger partial charge in [-0.2, -0.15) is 5.10 Å². The van der Waals surface area contributed by atoms with E-state index in [0.717, 1.165) is 12.0 Å².